The van der Waals surface area contributed by atoms with Crippen molar-refractivity contribution >= 4 is 23.1 Å². The van der Waals surface area contributed by atoms with Crippen LogP contribution in [0.15, 0.2) is 29.4 Å². The molecule has 3 heterocycles. The topological polar surface area (TPSA) is 88.2 Å². The van der Waals surface area contributed by atoms with Crippen molar-refractivity contribution in [2.24, 2.45) is 4.99 Å². The summed E-state index contributed by atoms with van der Waals surface area (Å²) in [6, 6.07) is 5.48. The van der Waals surface area contributed by atoms with Gasteiger partial charge in [0.1, 0.15) is 28.8 Å². The number of ketones is 1. The number of pyridine rings is 2. The normalized spacial score (nSPS) is 23.4. The van der Waals surface area contributed by atoms with E-state index in [0.717, 1.165) is 19.9 Å². The molecule has 2 aromatic heterocycles. The Balaban J connectivity index is 1.93. The second-order valence-corrected chi connectivity index (χ2v) is 8.10. The molecule has 0 spiro atoms. The molecule has 0 bridgehead atoms. The maximum Gasteiger partial charge on any atom is 0.422 e. The number of carbonyl (C=O) groups excluding carboxylic acids is 1. The minimum absolute atomic E-state index is 0.0179. The number of hydrogen-bond acceptors (Lipinski definition) is 6. The monoisotopic (exact) mass is 468 g/mol. The van der Waals surface area contributed by atoms with Crippen LogP contribution in [0.5, 0.6) is 0 Å². The Hall–Kier alpha value is -2.90. The highest BCUT2D eigenvalue weighted by atomic mass is 35.5. The Morgan fingerprint density at radius 3 is 2.59 bits per heavy atom. The predicted molar refractivity (Wildman–Crippen MR) is 107 cm³/mol. The summed E-state index contributed by atoms with van der Waals surface area (Å²) >= 11 is 6.01. The average Bonchev–Trinajstić information content (AvgIpc) is 2.71. The van der Waals surface area contributed by atoms with E-state index >= 15 is 0 Å². The molecule has 2 aromatic rings. The van der Waals surface area contributed by atoms with E-state index in [1.807, 2.05) is 6.07 Å². The third-order valence-electron chi connectivity index (χ3n) is 5.28. The fraction of sp³-hybridized carbons (Fsp3) is 0.381. The number of aromatic nitrogens is 2. The number of rotatable bonds is 4. The SMILES string of the molecule is CC1=N[C@@](C)(c2nc(CC(=O)c3ncc(C#N)cc3Cl)ccc2F)CO[C@@]1(C)C(F)(F)F. The van der Waals surface area contributed by atoms with E-state index in [9.17, 15) is 22.4 Å². The second kappa shape index (κ2) is 8.22. The van der Waals surface area contributed by atoms with Crippen LogP contribution in [0.2, 0.25) is 5.02 Å². The molecule has 11 heteroatoms. The quantitative estimate of drug-likeness (QED) is 0.483. The Kier molecular flexibility index (Phi) is 6.10. The van der Waals surface area contributed by atoms with Gasteiger partial charge in [-0.1, -0.05) is 11.6 Å². The van der Waals surface area contributed by atoms with Gasteiger partial charge in [0.2, 0.25) is 0 Å². The van der Waals surface area contributed by atoms with E-state index < -0.39 is 35.5 Å². The first-order chi connectivity index (χ1) is 14.8. The van der Waals surface area contributed by atoms with Crippen LogP contribution in [0.25, 0.3) is 0 Å². The van der Waals surface area contributed by atoms with Crippen LogP contribution in [0.4, 0.5) is 17.6 Å². The number of alkyl halides is 3. The van der Waals surface area contributed by atoms with Crippen molar-refractivity contribution in [1.29, 1.82) is 5.26 Å². The van der Waals surface area contributed by atoms with Gasteiger partial charge in [0.25, 0.3) is 0 Å². The third kappa shape index (κ3) is 4.23. The van der Waals surface area contributed by atoms with E-state index in [1.54, 1.807) is 0 Å². The zero-order valence-corrected chi connectivity index (χ0v) is 18.0. The number of aliphatic imine (C=N–C) groups is 1. The third-order valence-corrected chi connectivity index (χ3v) is 5.57. The maximum atomic E-state index is 14.6. The molecule has 6 nitrogen and oxygen atoms in total. The molecular weight excluding hydrogens is 452 g/mol. The number of ether oxygens (including phenoxy) is 1. The molecule has 0 saturated heterocycles. The first-order valence-corrected chi connectivity index (χ1v) is 9.71. The zero-order chi connectivity index (χ0) is 23.9. The van der Waals surface area contributed by atoms with Gasteiger partial charge in [0.15, 0.2) is 11.4 Å². The number of nitrogens with zero attached hydrogens (tertiary/aromatic N) is 4. The number of Topliss-reactive ketones (excluding diaryl/α,β-unsaturated/α-hetero) is 1. The van der Waals surface area contributed by atoms with Gasteiger partial charge >= 0.3 is 6.18 Å². The fourth-order valence-electron chi connectivity index (χ4n) is 3.22. The molecule has 1 aliphatic heterocycles. The van der Waals surface area contributed by atoms with Crippen molar-refractivity contribution in [3.8, 4) is 6.07 Å². The van der Waals surface area contributed by atoms with Gasteiger partial charge in [-0.05, 0) is 39.0 Å². The van der Waals surface area contributed by atoms with Crippen LogP contribution in [0.3, 0.4) is 0 Å². The lowest BCUT2D eigenvalue weighted by molar-refractivity contribution is -0.249. The van der Waals surface area contributed by atoms with Crippen LogP contribution in [0, 0.1) is 17.1 Å². The Labute approximate surface area is 185 Å². The van der Waals surface area contributed by atoms with E-state index in [0.29, 0.717) is 0 Å². The second-order valence-electron chi connectivity index (χ2n) is 7.69. The van der Waals surface area contributed by atoms with Crippen molar-refractivity contribution < 1.29 is 27.1 Å². The summed E-state index contributed by atoms with van der Waals surface area (Å²) in [6.45, 7) is 2.86. The average molecular weight is 469 g/mol. The molecule has 3 rings (SSSR count). The van der Waals surface area contributed by atoms with Crippen LogP contribution in [0.1, 0.15) is 48.2 Å². The lowest BCUT2D eigenvalue weighted by Crippen LogP contribution is -2.56. The first kappa shape index (κ1) is 23.8. The molecule has 32 heavy (non-hydrogen) atoms. The van der Waals surface area contributed by atoms with Gasteiger partial charge in [-0.3, -0.25) is 19.8 Å². The maximum absolute atomic E-state index is 14.6. The highest BCUT2D eigenvalue weighted by molar-refractivity contribution is 6.33. The summed E-state index contributed by atoms with van der Waals surface area (Å²) in [6.07, 6.45) is -3.81. The molecule has 0 radical (unpaired) electrons. The Morgan fingerprint density at radius 1 is 1.34 bits per heavy atom. The molecule has 168 valence electrons. The number of hydrogen-bond donors (Lipinski definition) is 0. The lowest BCUT2D eigenvalue weighted by atomic mass is 9.91. The van der Waals surface area contributed by atoms with Gasteiger partial charge in [-0.15, -0.1) is 0 Å². The summed E-state index contributed by atoms with van der Waals surface area (Å²) < 4.78 is 59.9. The molecule has 2 atom stereocenters. The van der Waals surface area contributed by atoms with Crippen molar-refractivity contribution in [3.05, 3.63) is 57.9 Å². The van der Waals surface area contributed by atoms with E-state index in [4.69, 9.17) is 21.6 Å². The summed E-state index contributed by atoms with van der Waals surface area (Å²) in [7, 11) is 0. The smallest absolute Gasteiger partial charge is 0.357 e. The first-order valence-electron chi connectivity index (χ1n) is 9.33. The summed E-state index contributed by atoms with van der Waals surface area (Å²) in [5, 5.41) is 8.85. The molecular formula is C21H17ClF4N4O2. The zero-order valence-electron chi connectivity index (χ0n) is 17.2. The molecule has 1 aliphatic rings. The van der Waals surface area contributed by atoms with E-state index in [2.05, 4.69) is 15.0 Å². The number of carbonyl (C=O) groups is 1. The summed E-state index contributed by atoms with van der Waals surface area (Å²) in [5.41, 5.74) is -4.48. The highest BCUT2D eigenvalue weighted by Crippen LogP contribution is 2.41. The largest absolute Gasteiger partial charge is 0.422 e. The highest BCUT2D eigenvalue weighted by Gasteiger charge is 2.58. The Morgan fingerprint density at radius 2 is 2.03 bits per heavy atom. The minimum atomic E-state index is -4.70. The van der Waals surface area contributed by atoms with Gasteiger partial charge in [-0.2, -0.15) is 18.4 Å². The van der Waals surface area contributed by atoms with Gasteiger partial charge in [0.05, 0.1) is 29.3 Å². The van der Waals surface area contributed by atoms with E-state index in [1.165, 1.54) is 25.3 Å². The number of halogens is 5. The van der Waals surface area contributed by atoms with Crippen LogP contribution in [-0.2, 0) is 16.7 Å². The van der Waals surface area contributed by atoms with Crippen molar-refractivity contribution in [2.45, 2.75) is 44.5 Å². The molecule has 0 unspecified atom stereocenters. The standard InChI is InChI=1S/C21H17ClF4N4O2/c1-11-20(3,21(24,25)26)32-10-19(2,30-11)18-15(23)5-4-13(29-18)7-16(31)17-14(22)6-12(8-27)9-28-17/h4-6,9H,7,10H2,1-3H3/t19-,20-/m1/s1. The summed E-state index contributed by atoms with van der Waals surface area (Å²) in [4.78, 5) is 24.7. The Bertz CT molecular complexity index is 1160. The molecule has 0 aromatic carbocycles. The van der Waals surface area contributed by atoms with Gasteiger partial charge in [-0.25, -0.2) is 4.39 Å². The van der Waals surface area contributed by atoms with Crippen molar-refractivity contribution in [3.63, 3.8) is 0 Å². The molecule has 0 fully saturated rings. The lowest BCUT2D eigenvalue weighted by Gasteiger charge is -2.41. The molecule has 0 N–H and O–H groups in total. The predicted octanol–water partition coefficient (Wildman–Crippen LogP) is 4.59. The number of nitriles is 1. The molecule has 0 amide bonds. The fourth-order valence-corrected chi connectivity index (χ4v) is 3.49. The summed E-state index contributed by atoms with van der Waals surface area (Å²) in [5.74, 6) is -1.33. The molecule has 0 aliphatic carbocycles. The van der Waals surface area contributed by atoms with Gasteiger partial charge in [0, 0.05) is 11.9 Å². The van der Waals surface area contributed by atoms with Crippen LogP contribution >= 0.6 is 11.6 Å². The van der Waals surface area contributed by atoms with Gasteiger partial charge < -0.3 is 4.74 Å². The molecule has 0 saturated carbocycles. The van der Waals surface area contributed by atoms with Crippen molar-refractivity contribution in [1.82, 2.24) is 9.97 Å². The van der Waals surface area contributed by atoms with Crippen LogP contribution in [-0.4, -0.2) is 39.8 Å². The van der Waals surface area contributed by atoms with Crippen molar-refractivity contribution in [2.75, 3.05) is 6.61 Å². The van der Waals surface area contributed by atoms with E-state index in [-0.39, 0.29) is 39.8 Å². The van der Waals surface area contributed by atoms with Crippen LogP contribution < -0.4 is 0 Å². The minimum Gasteiger partial charge on any atom is -0.357 e.